The van der Waals surface area contributed by atoms with Gasteiger partial charge in [0.1, 0.15) is 0 Å². The predicted octanol–water partition coefficient (Wildman–Crippen LogP) is 2.53. The number of aromatic nitrogens is 3. The van der Waals surface area contributed by atoms with Gasteiger partial charge in [-0.1, -0.05) is 11.8 Å². The Morgan fingerprint density at radius 2 is 2.04 bits per heavy atom. The lowest BCUT2D eigenvalue weighted by Gasteiger charge is -2.25. The molecule has 2 aromatic rings. The Bertz CT molecular complexity index is 659. The van der Waals surface area contributed by atoms with Gasteiger partial charge in [0.05, 0.1) is 30.2 Å². The third-order valence-corrected chi connectivity index (χ3v) is 4.16. The summed E-state index contributed by atoms with van der Waals surface area (Å²) < 4.78 is 49.2. The van der Waals surface area contributed by atoms with Crippen molar-refractivity contribution in [3.05, 3.63) is 24.0 Å². The van der Waals surface area contributed by atoms with Crippen molar-refractivity contribution in [1.82, 2.24) is 20.0 Å². The second-order valence-corrected chi connectivity index (χ2v) is 5.72. The van der Waals surface area contributed by atoms with Crippen LogP contribution in [-0.2, 0) is 10.9 Å². The van der Waals surface area contributed by atoms with Gasteiger partial charge in [0.2, 0.25) is 5.16 Å². The Hall–Kier alpha value is -1.65. The highest BCUT2D eigenvalue weighted by Gasteiger charge is 2.35. The second kappa shape index (κ2) is 6.85. The fourth-order valence-corrected chi connectivity index (χ4v) is 2.86. The van der Waals surface area contributed by atoms with E-state index in [1.165, 1.54) is 11.8 Å². The van der Waals surface area contributed by atoms with Gasteiger partial charge >= 0.3 is 6.18 Å². The SMILES string of the molecule is FC(F)(F)c1ccncc1-c1nc(SCN2CCOCC2)no1. The molecule has 10 heteroatoms. The maximum Gasteiger partial charge on any atom is 0.417 e. The van der Waals surface area contributed by atoms with Crippen molar-refractivity contribution < 1.29 is 22.4 Å². The van der Waals surface area contributed by atoms with Gasteiger partial charge in [-0.25, -0.2) is 0 Å². The van der Waals surface area contributed by atoms with Crippen molar-refractivity contribution in [1.29, 1.82) is 0 Å². The summed E-state index contributed by atoms with van der Waals surface area (Å²) in [6.07, 6.45) is -2.35. The Kier molecular flexibility index (Phi) is 4.83. The van der Waals surface area contributed by atoms with Gasteiger partial charge in [0.15, 0.2) is 0 Å². The van der Waals surface area contributed by atoms with Crippen LogP contribution in [0.1, 0.15) is 5.56 Å². The first-order valence-corrected chi connectivity index (χ1v) is 7.81. The number of nitrogens with zero attached hydrogens (tertiary/aromatic N) is 4. The third kappa shape index (κ3) is 4.01. The van der Waals surface area contributed by atoms with Gasteiger partial charge in [-0.2, -0.15) is 18.2 Å². The molecule has 0 aliphatic carbocycles. The molecule has 0 saturated carbocycles. The average molecular weight is 346 g/mol. The Morgan fingerprint density at radius 3 is 2.78 bits per heavy atom. The molecule has 0 N–H and O–H groups in total. The van der Waals surface area contributed by atoms with Crippen LogP contribution in [-0.4, -0.2) is 52.2 Å². The lowest BCUT2D eigenvalue weighted by molar-refractivity contribution is -0.137. The fourth-order valence-electron chi connectivity index (χ4n) is 2.07. The number of morpholine rings is 1. The molecular formula is C13H13F3N4O2S. The van der Waals surface area contributed by atoms with Gasteiger partial charge in [-0.05, 0) is 11.2 Å². The van der Waals surface area contributed by atoms with E-state index in [1.54, 1.807) is 0 Å². The highest BCUT2D eigenvalue weighted by atomic mass is 32.2. The number of rotatable bonds is 4. The first-order valence-electron chi connectivity index (χ1n) is 6.82. The number of thioether (sulfide) groups is 1. The minimum absolute atomic E-state index is 0.185. The van der Waals surface area contributed by atoms with E-state index in [0.29, 0.717) is 24.2 Å². The van der Waals surface area contributed by atoms with E-state index in [4.69, 9.17) is 9.26 Å². The van der Waals surface area contributed by atoms with Crippen LogP contribution in [0.5, 0.6) is 0 Å². The van der Waals surface area contributed by atoms with Crippen LogP contribution in [0.4, 0.5) is 13.2 Å². The molecule has 0 spiro atoms. The smallest absolute Gasteiger partial charge is 0.379 e. The van der Waals surface area contributed by atoms with Gasteiger partial charge in [0.25, 0.3) is 5.89 Å². The monoisotopic (exact) mass is 346 g/mol. The fraction of sp³-hybridized carbons (Fsp3) is 0.462. The van der Waals surface area contributed by atoms with E-state index >= 15 is 0 Å². The summed E-state index contributed by atoms with van der Waals surface area (Å²) in [5.41, 5.74) is -1.06. The van der Waals surface area contributed by atoms with Crippen molar-refractivity contribution in [2.75, 3.05) is 32.2 Å². The second-order valence-electron chi connectivity index (χ2n) is 4.80. The summed E-state index contributed by atoms with van der Waals surface area (Å²) in [5.74, 6) is 0.441. The minimum Gasteiger partial charge on any atom is -0.379 e. The summed E-state index contributed by atoms with van der Waals surface area (Å²) in [7, 11) is 0. The molecule has 0 aromatic carbocycles. The van der Waals surface area contributed by atoms with Crippen LogP contribution < -0.4 is 0 Å². The molecule has 6 nitrogen and oxygen atoms in total. The third-order valence-electron chi connectivity index (χ3n) is 3.24. The largest absolute Gasteiger partial charge is 0.417 e. The van der Waals surface area contributed by atoms with Gasteiger partial charge in [-0.3, -0.25) is 9.88 Å². The molecule has 1 fully saturated rings. The molecule has 0 unspecified atom stereocenters. The van der Waals surface area contributed by atoms with Crippen LogP contribution in [0.25, 0.3) is 11.5 Å². The lowest BCUT2D eigenvalue weighted by atomic mass is 10.1. The molecule has 0 amide bonds. The number of halogens is 3. The average Bonchev–Trinajstić information content (AvgIpc) is 3.02. The zero-order valence-corrected chi connectivity index (χ0v) is 12.7. The standard InChI is InChI=1S/C13H13F3N4O2S/c14-13(15,16)10-1-2-17-7-9(10)11-18-12(19-22-11)23-8-20-3-5-21-6-4-20/h1-2,7H,3-6,8H2. The first kappa shape index (κ1) is 16.2. The van der Waals surface area contributed by atoms with Crippen molar-refractivity contribution >= 4 is 11.8 Å². The Balaban J connectivity index is 1.72. The summed E-state index contributed by atoms with van der Waals surface area (Å²) in [6, 6.07) is 0.889. The Morgan fingerprint density at radius 1 is 1.26 bits per heavy atom. The molecule has 1 saturated heterocycles. The molecule has 0 radical (unpaired) electrons. The molecule has 23 heavy (non-hydrogen) atoms. The highest BCUT2D eigenvalue weighted by Crippen LogP contribution is 2.36. The zero-order valence-electron chi connectivity index (χ0n) is 11.9. The van der Waals surface area contributed by atoms with E-state index in [9.17, 15) is 13.2 Å². The first-order chi connectivity index (χ1) is 11.0. The van der Waals surface area contributed by atoms with Crippen LogP contribution in [0, 0.1) is 0 Å². The molecule has 2 aromatic heterocycles. The lowest BCUT2D eigenvalue weighted by Crippen LogP contribution is -2.35. The maximum atomic E-state index is 13.0. The highest BCUT2D eigenvalue weighted by molar-refractivity contribution is 7.99. The molecule has 124 valence electrons. The minimum atomic E-state index is -4.51. The molecule has 0 bridgehead atoms. The summed E-state index contributed by atoms with van der Waals surface area (Å²) in [5, 5.41) is 4.02. The Labute approximate surface area is 134 Å². The topological polar surface area (TPSA) is 64.3 Å². The van der Waals surface area contributed by atoms with E-state index in [-0.39, 0.29) is 11.5 Å². The van der Waals surface area contributed by atoms with Crippen molar-refractivity contribution in [2.24, 2.45) is 0 Å². The number of ether oxygens (including phenoxy) is 1. The van der Waals surface area contributed by atoms with Gasteiger partial charge in [0, 0.05) is 25.5 Å². The van der Waals surface area contributed by atoms with Crippen molar-refractivity contribution in [3.8, 4) is 11.5 Å². The van der Waals surface area contributed by atoms with Crippen LogP contribution >= 0.6 is 11.8 Å². The molecule has 1 aliphatic rings. The summed E-state index contributed by atoms with van der Waals surface area (Å²) in [4.78, 5) is 9.88. The number of hydrogen-bond donors (Lipinski definition) is 0. The van der Waals surface area contributed by atoms with Crippen molar-refractivity contribution in [2.45, 2.75) is 11.3 Å². The van der Waals surface area contributed by atoms with Crippen LogP contribution in [0.3, 0.4) is 0 Å². The summed E-state index contributed by atoms with van der Waals surface area (Å²) >= 11 is 1.31. The van der Waals surface area contributed by atoms with Crippen LogP contribution in [0.2, 0.25) is 0 Å². The molecule has 3 heterocycles. The normalized spacial score (nSPS) is 16.7. The van der Waals surface area contributed by atoms with Gasteiger partial charge < -0.3 is 9.26 Å². The molecule has 3 rings (SSSR count). The predicted molar refractivity (Wildman–Crippen MR) is 75.6 cm³/mol. The van der Waals surface area contributed by atoms with E-state index in [2.05, 4.69) is 20.0 Å². The number of pyridine rings is 1. The number of hydrogen-bond acceptors (Lipinski definition) is 7. The number of alkyl halides is 3. The van der Waals surface area contributed by atoms with Crippen molar-refractivity contribution in [3.63, 3.8) is 0 Å². The quantitative estimate of drug-likeness (QED) is 0.788. The van der Waals surface area contributed by atoms with E-state index in [0.717, 1.165) is 31.5 Å². The molecular weight excluding hydrogens is 333 g/mol. The van der Waals surface area contributed by atoms with Gasteiger partial charge in [-0.15, -0.1) is 0 Å². The maximum absolute atomic E-state index is 13.0. The van der Waals surface area contributed by atoms with E-state index in [1.807, 2.05) is 0 Å². The molecule has 0 atom stereocenters. The van der Waals surface area contributed by atoms with Crippen LogP contribution in [0.15, 0.2) is 28.1 Å². The van der Waals surface area contributed by atoms with E-state index < -0.39 is 11.7 Å². The zero-order chi connectivity index (χ0) is 16.3. The summed E-state index contributed by atoms with van der Waals surface area (Å²) in [6.45, 7) is 2.95. The molecule has 1 aliphatic heterocycles.